The fourth-order valence-electron chi connectivity index (χ4n) is 1.48. The standard InChI is InChI=1S/C11H26O3Si/c1-5-12-8-10-15(4,14-7-3)11-9-13-6-2/h5-11H2,1-4H3. The normalized spacial score (nSPS) is 12.0. The van der Waals surface area contributed by atoms with Crippen LogP contribution in [0.2, 0.25) is 18.6 Å². The van der Waals surface area contributed by atoms with Gasteiger partial charge < -0.3 is 13.9 Å². The lowest BCUT2D eigenvalue weighted by Crippen LogP contribution is -2.37. The molecule has 0 aromatic rings. The fourth-order valence-corrected chi connectivity index (χ4v) is 3.87. The van der Waals surface area contributed by atoms with Crippen molar-refractivity contribution in [1.82, 2.24) is 0 Å². The second kappa shape index (κ2) is 9.33. The van der Waals surface area contributed by atoms with Crippen LogP contribution in [0.3, 0.4) is 0 Å². The second-order valence-corrected chi connectivity index (χ2v) is 7.97. The molecule has 0 amide bonds. The van der Waals surface area contributed by atoms with E-state index in [0.29, 0.717) is 0 Å². The van der Waals surface area contributed by atoms with Crippen molar-refractivity contribution < 1.29 is 13.9 Å². The Morgan fingerprint density at radius 2 is 1.27 bits per heavy atom. The van der Waals surface area contributed by atoms with Gasteiger partial charge in [-0.15, -0.1) is 0 Å². The molecule has 0 aliphatic heterocycles. The summed E-state index contributed by atoms with van der Waals surface area (Å²) in [7, 11) is -1.57. The number of hydrogen-bond donors (Lipinski definition) is 0. The second-order valence-electron chi connectivity index (χ2n) is 3.78. The molecule has 15 heavy (non-hydrogen) atoms. The predicted molar refractivity (Wildman–Crippen MR) is 65.8 cm³/mol. The van der Waals surface area contributed by atoms with Crippen LogP contribution in [0.25, 0.3) is 0 Å². The molecule has 3 nitrogen and oxygen atoms in total. The van der Waals surface area contributed by atoms with E-state index in [1.54, 1.807) is 0 Å². The van der Waals surface area contributed by atoms with Crippen molar-refractivity contribution in [2.75, 3.05) is 33.0 Å². The van der Waals surface area contributed by atoms with Gasteiger partial charge in [0.15, 0.2) is 8.32 Å². The quantitative estimate of drug-likeness (QED) is 0.430. The van der Waals surface area contributed by atoms with Crippen LogP contribution >= 0.6 is 0 Å². The highest BCUT2D eigenvalue weighted by Crippen LogP contribution is 2.17. The van der Waals surface area contributed by atoms with Crippen LogP contribution < -0.4 is 0 Å². The molecule has 0 N–H and O–H groups in total. The minimum Gasteiger partial charge on any atom is -0.417 e. The minimum atomic E-state index is -1.57. The fraction of sp³-hybridized carbons (Fsp3) is 1.00. The molecule has 0 atom stereocenters. The van der Waals surface area contributed by atoms with Gasteiger partial charge in [-0.1, -0.05) is 0 Å². The largest absolute Gasteiger partial charge is 0.417 e. The third-order valence-corrected chi connectivity index (χ3v) is 5.96. The zero-order valence-electron chi connectivity index (χ0n) is 10.7. The Labute approximate surface area is 95.2 Å². The van der Waals surface area contributed by atoms with E-state index in [9.17, 15) is 0 Å². The molecule has 0 aromatic carbocycles. The van der Waals surface area contributed by atoms with Crippen molar-refractivity contribution in [3.05, 3.63) is 0 Å². The van der Waals surface area contributed by atoms with Gasteiger partial charge in [0.05, 0.1) is 0 Å². The molecule has 0 bridgehead atoms. The third-order valence-electron chi connectivity index (χ3n) is 2.45. The van der Waals surface area contributed by atoms with Gasteiger partial charge in [0.25, 0.3) is 0 Å². The van der Waals surface area contributed by atoms with Crippen LogP contribution in [0, 0.1) is 0 Å². The van der Waals surface area contributed by atoms with Crippen LogP contribution in [0.5, 0.6) is 0 Å². The maximum absolute atomic E-state index is 5.90. The summed E-state index contributed by atoms with van der Waals surface area (Å²) in [5, 5.41) is 0. The van der Waals surface area contributed by atoms with E-state index >= 15 is 0 Å². The van der Waals surface area contributed by atoms with E-state index < -0.39 is 8.32 Å². The van der Waals surface area contributed by atoms with Crippen LogP contribution in [-0.2, 0) is 13.9 Å². The maximum atomic E-state index is 5.90. The van der Waals surface area contributed by atoms with Crippen LogP contribution in [0.15, 0.2) is 0 Å². The van der Waals surface area contributed by atoms with Crippen molar-refractivity contribution in [3.63, 3.8) is 0 Å². The molecule has 92 valence electrons. The third kappa shape index (κ3) is 7.96. The molecule has 0 spiro atoms. The van der Waals surface area contributed by atoms with E-state index in [0.717, 1.165) is 45.1 Å². The summed E-state index contributed by atoms with van der Waals surface area (Å²) < 4.78 is 16.7. The summed E-state index contributed by atoms with van der Waals surface area (Å²) in [6, 6.07) is 2.14. The molecule has 0 rings (SSSR count). The minimum absolute atomic E-state index is 0.794. The summed E-state index contributed by atoms with van der Waals surface area (Å²) in [4.78, 5) is 0. The summed E-state index contributed by atoms with van der Waals surface area (Å²) in [5.41, 5.74) is 0. The first kappa shape index (κ1) is 15.1. The smallest absolute Gasteiger partial charge is 0.194 e. The molecule has 0 heterocycles. The molecular formula is C11H26O3Si. The molecular weight excluding hydrogens is 208 g/mol. The predicted octanol–water partition coefficient (Wildman–Crippen LogP) is 2.67. The van der Waals surface area contributed by atoms with Crippen molar-refractivity contribution in [3.8, 4) is 0 Å². The van der Waals surface area contributed by atoms with Crippen LogP contribution in [-0.4, -0.2) is 41.4 Å². The molecule has 0 aromatic heterocycles. The van der Waals surface area contributed by atoms with Gasteiger partial charge in [-0.25, -0.2) is 0 Å². The zero-order chi connectivity index (χ0) is 11.6. The topological polar surface area (TPSA) is 27.7 Å². The summed E-state index contributed by atoms with van der Waals surface area (Å²) in [5.74, 6) is 0. The summed E-state index contributed by atoms with van der Waals surface area (Å²) in [6.45, 7) is 12.4. The molecule has 0 aliphatic carbocycles. The van der Waals surface area contributed by atoms with Crippen molar-refractivity contribution >= 4 is 8.32 Å². The van der Waals surface area contributed by atoms with E-state index in [-0.39, 0.29) is 0 Å². The first-order valence-electron chi connectivity index (χ1n) is 5.98. The number of hydrogen-bond acceptors (Lipinski definition) is 3. The van der Waals surface area contributed by atoms with E-state index in [2.05, 4.69) is 13.5 Å². The maximum Gasteiger partial charge on any atom is 0.194 e. The molecule has 0 aliphatic rings. The van der Waals surface area contributed by atoms with E-state index in [4.69, 9.17) is 13.9 Å². The lowest BCUT2D eigenvalue weighted by Gasteiger charge is -2.26. The Bertz CT molecular complexity index is 132. The molecule has 0 radical (unpaired) electrons. The Morgan fingerprint density at radius 1 is 0.800 bits per heavy atom. The highest BCUT2D eigenvalue weighted by molar-refractivity contribution is 6.72. The van der Waals surface area contributed by atoms with Gasteiger partial charge >= 0.3 is 0 Å². The molecule has 0 unspecified atom stereocenters. The van der Waals surface area contributed by atoms with E-state index in [1.807, 2.05) is 13.8 Å². The van der Waals surface area contributed by atoms with Gasteiger partial charge in [0.1, 0.15) is 0 Å². The SMILES string of the molecule is CCOCC[Si](C)(CCOCC)OCC. The average molecular weight is 234 g/mol. The van der Waals surface area contributed by atoms with Crippen molar-refractivity contribution in [2.45, 2.75) is 39.4 Å². The summed E-state index contributed by atoms with van der Waals surface area (Å²) >= 11 is 0. The number of ether oxygens (including phenoxy) is 2. The molecule has 0 fully saturated rings. The van der Waals surface area contributed by atoms with Crippen LogP contribution in [0.4, 0.5) is 0 Å². The Balaban J connectivity index is 3.83. The van der Waals surface area contributed by atoms with Gasteiger partial charge in [-0.3, -0.25) is 0 Å². The number of rotatable bonds is 10. The molecule has 0 saturated carbocycles. The van der Waals surface area contributed by atoms with Crippen molar-refractivity contribution in [2.24, 2.45) is 0 Å². The van der Waals surface area contributed by atoms with Gasteiger partial charge in [0, 0.05) is 33.0 Å². The van der Waals surface area contributed by atoms with Gasteiger partial charge in [-0.2, -0.15) is 0 Å². The molecule has 4 heteroatoms. The highest BCUT2D eigenvalue weighted by atomic mass is 28.4. The summed E-state index contributed by atoms with van der Waals surface area (Å²) in [6.07, 6.45) is 0. The Hall–Kier alpha value is 0.0969. The monoisotopic (exact) mass is 234 g/mol. The van der Waals surface area contributed by atoms with Crippen molar-refractivity contribution in [1.29, 1.82) is 0 Å². The van der Waals surface area contributed by atoms with E-state index in [1.165, 1.54) is 0 Å². The Morgan fingerprint density at radius 3 is 1.60 bits per heavy atom. The van der Waals surface area contributed by atoms with Crippen LogP contribution in [0.1, 0.15) is 20.8 Å². The molecule has 0 saturated heterocycles. The average Bonchev–Trinajstić information content (AvgIpc) is 2.19. The first-order valence-corrected chi connectivity index (χ1v) is 8.80. The van der Waals surface area contributed by atoms with Gasteiger partial charge in [0.2, 0.25) is 0 Å². The highest BCUT2D eigenvalue weighted by Gasteiger charge is 2.27. The first-order chi connectivity index (χ1) is 7.18. The zero-order valence-corrected chi connectivity index (χ0v) is 11.7. The lowest BCUT2D eigenvalue weighted by molar-refractivity contribution is 0.147. The Kier molecular flexibility index (Phi) is 9.39. The lowest BCUT2D eigenvalue weighted by atomic mass is 10.8. The van der Waals surface area contributed by atoms with Gasteiger partial charge in [-0.05, 0) is 39.4 Å².